The van der Waals surface area contributed by atoms with E-state index in [1.807, 2.05) is 0 Å². The molecule has 6 heteroatoms. The van der Waals surface area contributed by atoms with Crippen molar-refractivity contribution >= 4 is 0 Å². The highest BCUT2D eigenvalue weighted by Crippen LogP contribution is 2.32. The van der Waals surface area contributed by atoms with Gasteiger partial charge in [0.05, 0.1) is 18.2 Å². The molecule has 88 valence electrons. The van der Waals surface area contributed by atoms with Crippen molar-refractivity contribution in [1.29, 1.82) is 0 Å². The lowest BCUT2D eigenvalue weighted by Gasteiger charge is -2.13. The zero-order valence-corrected chi connectivity index (χ0v) is 8.14. The predicted octanol–water partition coefficient (Wildman–Crippen LogP) is 2.81. The molecule has 2 rings (SSSR count). The topological polar surface area (TPSA) is 21.3 Å². The SMILES string of the molecule is Fc1cc([C@@H]2CCON2)cc(C(F)(F)F)c1. The smallest absolute Gasteiger partial charge is 0.301 e. The summed E-state index contributed by atoms with van der Waals surface area (Å²) in [5.74, 6) is -0.890. The molecule has 16 heavy (non-hydrogen) atoms. The second kappa shape index (κ2) is 4.03. The van der Waals surface area contributed by atoms with E-state index in [-0.39, 0.29) is 11.6 Å². The Balaban J connectivity index is 2.35. The molecule has 1 aliphatic heterocycles. The third-order valence-electron chi connectivity index (χ3n) is 2.38. The van der Waals surface area contributed by atoms with Gasteiger partial charge in [0.1, 0.15) is 5.82 Å². The number of benzene rings is 1. The fourth-order valence-electron chi connectivity index (χ4n) is 1.61. The minimum atomic E-state index is -4.53. The molecule has 0 aromatic heterocycles. The molecule has 0 spiro atoms. The Morgan fingerprint density at radius 2 is 2.00 bits per heavy atom. The van der Waals surface area contributed by atoms with Gasteiger partial charge in [-0.1, -0.05) is 0 Å². The molecule has 1 aromatic rings. The predicted molar refractivity (Wildman–Crippen MR) is 47.8 cm³/mol. The second-order valence-corrected chi connectivity index (χ2v) is 3.58. The molecule has 1 aromatic carbocycles. The van der Waals surface area contributed by atoms with E-state index in [1.54, 1.807) is 0 Å². The van der Waals surface area contributed by atoms with Crippen molar-refractivity contribution in [3.8, 4) is 0 Å². The third kappa shape index (κ3) is 2.33. The van der Waals surface area contributed by atoms with E-state index >= 15 is 0 Å². The zero-order chi connectivity index (χ0) is 11.8. The Morgan fingerprint density at radius 3 is 2.56 bits per heavy atom. The first kappa shape index (κ1) is 11.3. The van der Waals surface area contributed by atoms with Gasteiger partial charge in [-0.05, 0) is 30.2 Å². The van der Waals surface area contributed by atoms with E-state index < -0.39 is 17.6 Å². The van der Waals surface area contributed by atoms with E-state index in [2.05, 4.69) is 5.48 Å². The molecular weight excluding hydrogens is 226 g/mol. The number of alkyl halides is 3. The van der Waals surface area contributed by atoms with Crippen LogP contribution in [0.3, 0.4) is 0 Å². The summed E-state index contributed by atoms with van der Waals surface area (Å²) in [4.78, 5) is 4.82. The van der Waals surface area contributed by atoms with E-state index in [0.717, 1.165) is 12.1 Å². The van der Waals surface area contributed by atoms with Crippen molar-refractivity contribution in [1.82, 2.24) is 5.48 Å². The lowest BCUT2D eigenvalue weighted by Crippen LogP contribution is -2.14. The van der Waals surface area contributed by atoms with Crippen molar-refractivity contribution in [3.63, 3.8) is 0 Å². The van der Waals surface area contributed by atoms with Crippen LogP contribution in [0.25, 0.3) is 0 Å². The molecule has 0 amide bonds. The fraction of sp³-hybridized carbons (Fsp3) is 0.400. The number of halogens is 4. The number of hydrogen-bond acceptors (Lipinski definition) is 2. The van der Waals surface area contributed by atoms with Gasteiger partial charge in [0, 0.05) is 0 Å². The van der Waals surface area contributed by atoms with E-state index in [0.29, 0.717) is 19.1 Å². The molecule has 0 aliphatic carbocycles. The van der Waals surface area contributed by atoms with Gasteiger partial charge in [0.2, 0.25) is 0 Å². The summed E-state index contributed by atoms with van der Waals surface area (Å²) >= 11 is 0. The molecule has 1 saturated heterocycles. The Hall–Kier alpha value is -1.14. The van der Waals surface area contributed by atoms with Crippen LogP contribution in [0.15, 0.2) is 18.2 Å². The summed E-state index contributed by atoms with van der Waals surface area (Å²) in [7, 11) is 0. The van der Waals surface area contributed by atoms with Crippen molar-refractivity contribution < 1.29 is 22.4 Å². The Kier molecular flexibility index (Phi) is 2.86. The zero-order valence-electron chi connectivity index (χ0n) is 8.14. The van der Waals surface area contributed by atoms with Gasteiger partial charge in [-0.15, -0.1) is 0 Å². The Labute approximate surface area is 89.2 Å². The van der Waals surface area contributed by atoms with Gasteiger partial charge < -0.3 is 4.84 Å². The first-order valence-corrected chi connectivity index (χ1v) is 4.72. The molecule has 2 nitrogen and oxygen atoms in total. The summed E-state index contributed by atoms with van der Waals surface area (Å²) in [5.41, 5.74) is 1.82. The third-order valence-corrected chi connectivity index (χ3v) is 2.38. The highest BCUT2D eigenvalue weighted by Gasteiger charge is 2.32. The number of rotatable bonds is 1. The average Bonchev–Trinajstić information content (AvgIpc) is 2.68. The molecule has 0 bridgehead atoms. The van der Waals surface area contributed by atoms with Crippen LogP contribution < -0.4 is 5.48 Å². The summed E-state index contributed by atoms with van der Waals surface area (Å²) < 4.78 is 50.3. The number of nitrogens with one attached hydrogen (secondary N) is 1. The van der Waals surface area contributed by atoms with Crippen LogP contribution in [-0.2, 0) is 11.0 Å². The minimum absolute atomic E-state index is 0.254. The molecule has 1 fully saturated rings. The molecule has 0 radical (unpaired) electrons. The standard InChI is InChI=1S/C10H9F4NO/c11-8-4-6(9-1-2-16-15-9)3-7(5-8)10(12,13)14/h3-5,9,15H,1-2H2/t9-/m0/s1. The summed E-state index contributed by atoms with van der Waals surface area (Å²) in [5, 5.41) is 0. The van der Waals surface area contributed by atoms with Gasteiger partial charge >= 0.3 is 6.18 Å². The molecule has 1 aliphatic rings. The van der Waals surface area contributed by atoms with Crippen LogP contribution in [0.2, 0.25) is 0 Å². The van der Waals surface area contributed by atoms with Crippen LogP contribution in [-0.4, -0.2) is 6.61 Å². The highest BCUT2D eigenvalue weighted by atomic mass is 19.4. The molecule has 1 atom stereocenters. The fourth-order valence-corrected chi connectivity index (χ4v) is 1.61. The Bertz CT molecular complexity index is 385. The first-order valence-electron chi connectivity index (χ1n) is 4.72. The average molecular weight is 235 g/mol. The van der Waals surface area contributed by atoms with Crippen molar-refractivity contribution in [3.05, 3.63) is 35.1 Å². The van der Waals surface area contributed by atoms with Gasteiger partial charge in [0.15, 0.2) is 0 Å². The molecule has 0 unspecified atom stereocenters. The van der Waals surface area contributed by atoms with Crippen LogP contribution in [0.5, 0.6) is 0 Å². The summed E-state index contributed by atoms with van der Waals surface area (Å²) in [6, 6.07) is 2.13. The highest BCUT2D eigenvalue weighted by molar-refractivity contribution is 5.29. The van der Waals surface area contributed by atoms with Gasteiger partial charge in [-0.3, -0.25) is 0 Å². The monoisotopic (exact) mass is 235 g/mol. The maximum absolute atomic E-state index is 13.0. The van der Waals surface area contributed by atoms with Crippen molar-refractivity contribution in [2.45, 2.75) is 18.6 Å². The Morgan fingerprint density at radius 1 is 1.25 bits per heavy atom. The molecule has 0 saturated carbocycles. The van der Waals surface area contributed by atoms with Gasteiger partial charge in [-0.2, -0.15) is 18.7 Å². The van der Waals surface area contributed by atoms with E-state index in [9.17, 15) is 17.6 Å². The molecule has 1 heterocycles. The van der Waals surface area contributed by atoms with Crippen LogP contribution in [0.4, 0.5) is 17.6 Å². The largest absolute Gasteiger partial charge is 0.416 e. The van der Waals surface area contributed by atoms with Crippen molar-refractivity contribution in [2.24, 2.45) is 0 Å². The van der Waals surface area contributed by atoms with Crippen LogP contribution in [0, 0.1) is 5.82 Å². The second-order valence-electron chi connectivity index (χ2n) is 3.58. The van der Waals surface area contributed by atoms with Gasteiger partial charge in [-0.25, -0.2) is 4.39 Å². The quantitative estimate of drug-likeness (QED) is 0.756. The summed E-state index contributed by atoms with van der Waals surface area (Å²) in [6.07, 6.45) is -4.00. The lowest BCUT2D eigenvalue weighted by molar-refractivity contribution is -0.137. The lowest BCUT2D eigenvalue weighted by atomic mass is 10.0. The number of hydrogen-bond donors (Lipinski definition) is 1. The summed E-state index contributed by atoms with van der Waals surface area (Å²) in [6.45, 7) is 0.405. The normalized spacial score (nSPS) is 21.4. The maximum atomic E-state index is 13.0. The molecule has 1 N–H and O–H groups in total. The molecular formula is C10H9F4NO. The minimum Gasteiger partial charge on any atom is -0.301 e. The maximum Gasteiger partial charge on any atom is 0.416 e. The van der Waals surface area contributed by atoms with Gasteiger partial charge in [0.25, 0.3) is 0 Å². The first-order chi connectivity index (χ1) is 7.47. The van der Waals surface area contributed by atoms with E-state index in [1.165, 1.54) is 0 Å². The van der Waals surface area contributed by atoms with Crippen molar-refractivity contribution in [2.75, 3.05) is 6.61 Å². The van der Waals surface area contributed by atoms with Crippen LogP contribution >= 0.6 is 0 Å². The van der Waals surface area contributed by atoms with Crippen LogP contribution in [0.1, 0.15) is 23.6 Å². The van der Waals surface area contributed by atoms with E-state index in [4.69, 9.17) is 4.84 Å². The number of hydroxylamine groups is 1.